The number of ether oxygens (including phenoxy) is 1. The van der Waals surface area contributed by atoms with E-state index in [0.717, 1.165) is 5.69 Å². The van der Waals surface area contributed by atoms with Crippen molar-refractivity contribution in [3.63, 3.8) is 0 Å². The zero-order valence-corrected chi connectivity index (χ0v) is 12.6. The summed E-state index contributed by atoms with van der Waals surface area (Å²) in [6, 6.07) is 5.38. The molecule has 21 heavy (non-hydrogen) atoms. The van der Waals surface area contributed by atoms with E-state index in [9.17, 15) is 9.90 Å². The fraction of sp³-hybridized carbons (Fsp3) is 0.600. The number of nitrogens with one attached hydrogen (secondary N) is 1. The highest BCUT2D eigenvalue weighted by atomic mass is 16.5. The maximum Gasteiger partial charge on any atom is 0.317 e. The molecule has 1 aromatic heterocycles. The van der Waals surface area contributed by atoms with E-state index in [-0.39, 0.29) is 12.1 Å². The lowest BCUT2D eigenvalue weighted by Gasteiger charge is -2.38. The van der Waals surface area contributed by atoms with E-state index in [0.29, 0.717) is 32.5 Å². The van der Waals surface area contributed by atoms with Gasteiger partial charge in [-0.15, -0.1) is 0 Å². The van der Waals surface area contributed by atoms with Crippen LogP contribution in [0.5, 0.6) is 0 Å². The average Bonchev–Trinajstić information content (AvgIpc) is 2.48. The third-order valence-corrected chi connectivity index (χ3v) is 3.87. The molecule has 1 saturated heterocycles. The number of hydrogen-bond donors (Lipinski definition) is 2. The van der Waals surface area contributed by atoms with Gasteiger partial charge < -0.3 is 20.1 Å². The number of likely N-dealkylation sites (tertiary alicyclic amines) is 1. The van der Waals surface area contributed by atoms with Crippen molar-refractivity contribution >= 4 is 6.03 Å². The van der Waals surface area contributed by atoms with E-state index in [4.69, 9.17) is 4.74 Å². The minimum Gasteiger partial charge on any atom is -0.387 e. The molecule has 2 heterocycles. The molecular formula is C15H23N3O3. The molecule has 0 saturated carbocycles. The number of nitrogens with zero attached hydrogens (tertiary/aromatic N) is 2. The first-order valence-electron chi connectivity index (χ1n) is 7.22. The number of amides is 2. The third-order valence-electron chi connectivity index (χ3n) is 3.87. The Balaban J connectivity index is 1.85. The topological polar surface area (TPSA) is 74.7 Å². The van der Waals surface area contributed by atoms with Gasteiger partial charge in [0.15, 0.2) is 0 Å². The summed E-state index contributed by atoms with van der Waals surface area (Å²) in [4.78, 5) is 18.2. The molecule has 6 heteroatoms. The highest BCUT2D eigenvalue weighted by Crippen LogP contribution is 2.22. The Morgan fingerprint density at radius 2 is 2.24 bits per heavy atom. The minimum absolute atomic E-state index is 0.118. The van der Waals surface area contributed by atoms with Crippen LogP contribution in [0, 0.1) is 0 Å². The van der Waals surface area contributed by atoms with Crippen molar-refractivity contribution in [2.45, 2.75) is 31.4 Å². The van der Waals surface area contributed by atoms with Crippen LogP contribution < -0.4 is 5.32 Å². The smallest absolute Gasteiger partial charge is 0.317 e. The van der Waals surface area contributed by atoms with Crippen molar-refractivity contribution in [1.29, 1.82) is 0 Å². The van der Waals surface area contributed by atoms with E-state index in [1.54, 1.807) is 18.2 Å². The lowest BCUT2D eigenvalue weighted by atomic mass is 9.92. The van der Waals surface area contributed by atoms with Gasteiger partial charge in [-0.1, -0.05) is 6.07 Å². The number of aliphatic hydroxyl groups is 1. The van der Waals surface area contributed by atoms with Gasteiger partial charge in [-0.05, 0) is 31.9 Å². The van der Waals surface area contributed by atoms with Crippen LogP contribution in [0.1, 0.15) is 31.5 Å². The van der Waals surface area contributed by atoms with Gasteiger partial charge in [0.25, 0.3) is 0 Å². The van der Waals surface area contributed by atoms with Crippen molar-refractivity contribution in [2.24, 2.45) is 0 Å². The van der Waals surface area contributed by atoms with Gasteiger partial charge in [-0.25, -0.2) is 4.79 Å². The van der Waals surface area contributed by atoms with Crippen molar-refractivity contribution in [3.8, 4) is 0 Å². The number of methoxy groups -OCH3 is 1. The second-order valence-electron chi connectivity index (χ2n) is 5.57. The Morgan fingerprint density at radius 1 is 1.52 bits per heavy atom. The standard InChI is InChI=1S/C15H23N3O3/c1-12(13-5-3-4-8-16-13)17-14(19)18-9-6-15(20,7-10-18)11-21-2/h3-5,8,12,20H,6-7,9-11H2,1-2H3,(H,17,19). The van der Waals surface area contributed by atoms with Crippen molar-refractivity contribution in [3.05, 3.63) is 30.1 Å². The molecular weight excluding hydrogens is 270 g/mol. The maximum absolute atomic E-state index is 12.2. The molecule has 0 aliphatic carbocycles. The number of rotatable bonds is 4. The largest absolute Gasteiger partial charge is 0.387 e. The summed E-state index contributed by atoms with van der Waals surface area (Å²) in [5.41, 5.74) is 0.0248. The highest BCUT2D eigenvalue weighted by molar-refractivity contribution is 5.74. The van der Waals surface area contributed by atoms with Crippen LogP contribution >= 0.6 is 0 Å². The summed E-state index contributed by atoms with van der Waals surface area (Å²) in [5.74, 6) is 0. The first-order valence-corrected chi connectivity index (χ1v) is 7.22. The highest BCUT2D eigenvalue weighted by Gasteiger charge is 2.34. The normalized spacial score (nSPS) is 19.1. The van der Waals surface area contributed by atoms with Crippen molar-refractivity contribution in [1.82, 2.24) is 15.2 Å². The van der Waals surface area contributed by atoms with E-state index < -0.39 is 5.60 Å². The van der Waals surface area contributed by atoms with E-state index in [1.807, 2.05) is 25.1 Å². The zero-order chi connectivity index (χ0) is 15.3. The molecule has 6 nitrogen and oxygen atoms in total. The van der Waals surface area contributed by atoms with Crippen LogP contribution in [-0.4, -0.2) is 53.4 Å². The summed E-state index contributed by atoms with van der Waals surface area (Å²) in [6.07, 6.45) is 2.78. The number of aromatic nitrogens is 1. The third kappa shape index (κ3) is 4.15. The molecule has 1 aliphatic rings. The molecule has 1 aliphatic heterocycles. The quantitative estimate of drug-likeness (QED) is 0.878. The number of hydrogen-bond acceptors (Lipinski definition) is 4. The second-order valence-corrected chi connectivity index (χ2v) is 5.57. The molecule has 0 radical (unpaired) electrons. The Bertz CT molecular complexity index is 458. The summed E-state index contributed by atoms with van der Waals surface area (Å²) in [5, 5.41) is 13.2. The molecule has 1 fully saturated rings. The van der Waals surface area contributed by atoms with Gasteiger partial charge in [0, 0.05) is 26.4 Å². The molecule has 0 bridgehead atoms. The first-order chi connectivity index (χ1) is 10.0. The second kappa shape index (κ2) is 6.87. The van der Waals surface area contributed by atoms with Gasteiger partial charge >= 0.3 is 6.03 Å². The summed E-state index contributed by atoms with van der Waals surface area (Å²) < 4.78 is 5.03. The van der Waals surface area contributed by atoms with Crippen LogP contribution in [-0.2, 0) is 4.74 Å². The molecule has 2 amide bonds. The van der Waals surface area contributed by atoms with Crippen LogP contribution in [0.4, 0.5) is 4.79 Å². The predicted octanol–water partition coefficient (Wildman–Crippen LogP) is 1.33. The average molecular weight is 293 g/mol. The lowest BCUT2D eigenvalue weighted by molar-refractivity contribution is -0.0648. The van der Waals surface area contributed by atoms with Gasteiger partial charge in [0.2, 0.25) is 0 Å². The van der Waals surface area contributed by atoms with E-state index >= 15 is 0 Å². The number of piperidine rings is 1. The maximum atomic E-state index is 12.2. The van der Waals surface area contributed by atoms with Gasteiger partial charge in [-0.3, -0.25) is 4.98 Å². The Morgan fingerprint density at radius 3 is 2.81 bits per heavy atom. The summed E-state index contributed by atoms with van der Waals surface area (Å²) >= 11 is 0. The van der Waals surface area contributed by atoms with Crippen molar-refractivity contribution < 1.29 is 14.6 Å². The van der Waals surface area contributed by atoms with Crippen LogP contribution in [0.3, 0.4) is 0 Å². The lowest BCUT2D eigenvalue weighted by Crippen LogP contribution is -2.51. The van der Waals surface area contributed by atoms with Crippen LogP contribution in [0.15, 0.2) is 24.4 Å². The summed E-state index contributed by atoms with van der Waals surface area (Å²) in [7, 11) is 1.57. The number of pyridine rings is 1. The first kappa shape index (κ1) is 15.7. The Hall–Kier alpha value is -1.66. The van der Waals surface area contributed by atoms with Crippen molar-refractivity contribution in [2.75, 3.05) is 26.8 Å². The number of carbonyl (C=O) groups is 1. The van der Waals surface area contributed by atoms with Gasteiger partial charge in [-0.2, -0.15) is 0 Å². The number of urea groups is 1. The molecule has 1 aromatic rings. The van der Waals surface area contributed by atoms with E-state index in [1.165, 1.54) is 0 Å². The minimum atomic E-state index is -0.807. The van der Waals surface area contributed by atoms with Crippen LogP contribution in [0.2, 0.25) is 0 Å². The van der Waals surface area contributed by atoms with Gasteiger partial charge in [0.05, 0.1) is 23.9 Å². The van der Waals surface area contributed by atoms with Crippen LogP contribution in [0.25, 0.3) is 0 Å². The molecule has 116 valence electrons. The zero-order valence-electron chi connectivity index (χ0n) is 12.6. The fourth-order valence-electron chi connectivity index (χ4n) is 2.52. The molecule has 0 spiro atoms. The fourth-order valence-corrected chi connectivity index (χ4v) is 2.52. The monoisotopic (exact) mass is 293 g/mol. The molecule has 1 unspecified atom stereocenters. The Kier molecular flexibility index (Phi) is 5.14. The molecule has 1 atom stereocenters. The SMILES string of the molecule is COCC1(O)CCN(C(=O)NC(C)c2ccccn2)CC1. The van der Waals surface area contributed by atoms with Gasteiger partial charge in [0.1, 0.15) is 0 Å². The Labute approximate surface area is 125 Å². The predicted molar refractivity (Wildman–Crippen MR) is 78.8 cm³/mol. The molecule has 2 rings (SSSR count). The number of carbonyl (C=O) groups excluding carboxylic acids is 1. The van der Waals surface area contributed by atoms with E-state index in [2.05, 4.69) is 10.3 Å². The summed E-state index contributed by atoms with van der Waals surface area (Å²) in [6.45, 7) is 3.28. The molecule has 0 aromatic carbocycles. The molecule has 2 N–H and O–H groups in total.